The Kier molecular flexibility index (Phi) is 1.61. The van der Waals surface area contributed by atoms with Gasteiger partial charge < -0.3 is 10.1 Å². The summed E-state index contributed by atoms with van der Waals surface area (Å²) in [6.45, 7) is 0.379. The summed E-state index contributed by atoms with van der Waals surface area (Å²) in [6.07, 6.45) is 1.78. The molecule has 0 unspecified atom stereocenters. The first-order chi connectivity index (χ1) is 6.18. The Labute approximate surface area is 73.3 Å². The maximum absolute atomic E-state index is 11.0. The van der Waals surface area contributed by atoms with E-state index in [9.17, 15) is 14.9 Å². The van der Waals surface area contributed by atoms with E-state index in [2.05, 4.69) is 4.98 Å². The Morgan fingerprint density at radius 1 is 1.62 bits per heavy atom. The van der Waals surface area contributed by atoms with Gasteiger partial charge in [0.1, 0.15) is 12.0 Å². The van der Waals surface area contributed by atoms with Crippen molar-refractivity contribution in [3.05, 3.63) is 22.1 Å². The van der Waals surface area contributed by atoms with Crippen LogP contribution in [0, 0.1) is 10.1 Å². The molecule has 0 fully saturated rings. The number of nitrogens with zero attached hydrogens (tertiary/aromatic N) is 3. The molecule has 0 amide bonds. The van der Waals surface area contributed by atoms with Crippen LogP contribution in [0.3, 0.4) is 0 Å². The first kappa shape index (κ1) is 7.90. The van der Waals surface area contributed by atoms with Gasteiger partial charge in [0.05, 0.1) is 13.0 Å². The fourth-order valence-electron chi connectivity index (χ4n) is 1.44. The molecule has 2 rings (SSSR count). The molecule has 13 heavy (non-hydrogen) atoms. The van der Waals surface area contributed by atoms with Crippen LogP contribution in [0.5, 0.6) is 0 Å². The maximum atomic E-state index is 11.0. The van der Waals surface area contributed by atoms with E-state index in [1.165, 1.54) is 10.8 Å². The van der Waals surface area contributed by atoms with Crippen LogP contribution in [-0.4, -0.2) is 20.3 Å². The van der Waals surface area contributed by atoms with Gasteiger partial charge in [0.2, 0.25) is 5.82 Å². The molecule has 0 radical (unpaired) electrons. The van der Waals surface area contributed by atoms with E-state index < -0.39 is 4.92 Å². The molecule has 0 saturated heterocycles. The molecular weight excluding hydrogens is 174 g/mol. The number of fused-ring (bicyclic) bond motifs is 1. The number of aromatic nitrogens is 2. The Balaban J connectivity index is 2.44. The SMILES string of the molecule is O=C1CCn2c([N+](=O)[O-])cnc2C1. The Bertz CT molecular complexity index is 382. The fraction of sp³-hybridized carbons (Fsp3) is 0.429. The molecule has 1 aromatic heterocycles. The van der Waals surface area contributed by atoms with E-state index in [0.29, 0.717) is 18.8 Å². The zero-order chi connectivity index (χ0) is 9.42. The van der Waals surface area contributed by atoms with Crippen molar-refractivity contribution in [2.45, 2.75) is 19.4 Å². The normalized spacial score (nSPS) is 15.5. The summed E-state index contributed by atoms with van der Waals surface area (Å²) >= 11 is 0. The second-order valence-electron chi connectivity index (χ2n) is 2.91. The fourth-order valence-corrected chi connectivity index (χ4v) is 1.44. The summed E-state index contributed by atoms with van der Waals surface area (Å²) in [5.41, 5.74) is 0. The smallest absolute Gasteiger partial charge is 0.342 e. The molecule has 0 bridgehead atoms. The minimum atomic E-state index is -0.480. The van der Waals surface area contributed by atoms with Crippen LogP contribution in [0.1, 0.15) is 12.2 Å². The summed E-state index contributed by atoms with van der Waals surface area (Å²) in [6, 6.07) is 0. The Hall–Kier alpha value is -1.72. The molecule has 0 aromatic carbocycles. The van der Waals surface area contributed by atoms with Gasteiger partial charge in [0.25, 0.3) is 0 Å². The third-order valence-corrected chi connectivity index (χ3v) is 2.07. The number of carbonyl (C=O) groups excluding carboxylic acids is 1. The number of carbonyl (C=O) groups is 1. The van der Waals surface area contributed by atoms with Gasteiger partial charge in [0.15, 0.2) is 0 Å². The minimum Gasteiger partial charge on any atom is -0.358 e. The van der Waals surface area contributed by atoms with Gasteiger partial charge in [-0.2, -0.15) is 0 Å². The highest BCUT2D eigenvalue weighted by atomic mass is 16.6. The molecule has 1 aliphatic rings. The van der Waals surface area contributed by atoms with E-state index in [4.69, 9.17) is 0 Å². The first-order valence-corrected chi connectivity index (χ1v) is 3.89. The second-order valence-corrected chi connectivity index (χ2v) is 2.91. The van der Waals surface area contributed by atoms with Crippen molar-refractivity contribution < 1.29 is 9.72 Å². The summed E-state index contributed by atoms with van der Waals surface area (Å²) in [7, 11) is 0. The number of hydrogen-bond donors (Lipinski definition) is 0. The molecule has 6 heteroatoms. The van der Waals surface area contributed by atoms with Crippen LogP contribution >= 0.6 is 0 Å². The van der Waals surface area contributed by atoms with Crippen LogP contribution in [-0.2, 0) is 17.8 Å². The van der Waals surface area contributed by atoms with Crippen LogP contribution in [0.2, 0.25) is 0 Å². The van der Waals surface area contributed by atoms with Gasteiger partial charge in [0, 0.05) is 6.42 Å². The summed E-state index contributed by atoms with van der Waals surface area (Å²) in [4.78, 5) is 24.8. The predicted molar refractivity (Wildman–Crippen MR) is 42.2 cm³/mol. The van der Waals surface area contributed by atoms with Crippen LogP contribution in [0.15, 0.2) is 6.20 Å². The molecule has 1 aliphatic heterocycles. The summed E-state index contributed by atoms with van der Waals surface area (Å²) < 4.78 is 1.49. The molecule has 1 aromatic rings. The Morgan fingerprint density at radius 3 is 3.08 bits per heavy atom. The van der Waals surface area contributed by atoms with Crippen molar-refractivity contribution >= 4 is 11.6 Å². The van der Waals surface area contributed by atoms with Crippen molar-refractivity contribution in [2.24, 2.45) is 0 Å². The summed E-state index contributed by atoms with van der Waals surface area (Å²) in [5.74, 6) is 0.568. The zero-order valence-electron chi connectivity index (χ0n) is 6.77. The quantitative estimate of drug-likeness (QED) is 0.461. The number of imidazole rings is 1. The third-order valence-electron chi connectivity index (χ3n) is 2.07. The summed E-state index contributed by atoms with van der Waals surface area (Å²) in [5, 5.41) is 10.5. The highest BCUT2D eigenvalue weighted by Gasteiger charge is 2.26. The maximum Gasteiger partial charge on any atom is 0.342 e. The van der Waals surface area contributed by atoms with Gasteiger partial charge in [-0.25, -0.2) is 9.55 Å². The monoisotopic (exact) mass is 181 g/mol. The predicted octanol–water partition coefficient (Wildman–Crippen LogP) is 0.307. The van der Waals surface area contributed by atoms with Gasteiger partial charge in [-0.05, 0) is 4.92 Å². The number of Topliss-reactive ketones (excluding diaryl/α,β-unsaturated/α-hetero) is 1. The van der Waals surface area contributed by atoms with E-state index in [-0.39, 0.29) is 18.0 Å². The lowest BCUT2D eigenvalue weighted by molar-refractivity contribution is -0.392. The van der Waals surface area contributed by atoms with Gasteiger partial charge >= 0.3 is 5.82 Å². The minimum absolute atomic E-state index is 0.0255. The molecule has 0 N–H and O–H groups in total. The number of nitro groups is 1. The highest BCUT2D eigenvalue weighted by Crippen LogP contribution is 2.19. The van der Waals surface area contributed by atoms with Crippen molar-refractivity contribution in [2.75, 3.05) is 0 Å². The number of ketones is 1. The second kappa shape index (κ2) is 2.65. The largest absolute Gasteiger partial charge is 0.358 e. The van der Waals surface area contributed by atoms with Gasteiger partial charge in [-0.15, -0.1) is 0 Å². The highest BCUT2D eigenvalue weighted by molar-refractivity contribution is 5.81. The van der Waals surface area contributed by atoms with E-state index in [1.807, 2.05) is 0 Å². The van der Waals surface area contributed by atoms with Crippen molar-refractivity contribution in [3.8, 4) is 0 Å². The molecule has 6 nitrogen and oxygen atoms in total. The van der Waals surface area contributed by atoms with Crippen LogP contribution in [0.25, 0.3) is 0 Å². The third kappa shape index (κ3) is 1.20. The molecule has 68 valence electrons. The lowest BCUT2D eigenvalue weighted by atomic mass is 10.1. The van der Waals surface area contributed by atoms with Crippen LogP contribution in [0.4, 0.5) is 5.82 Å². The van der Waals surface area contributed by atoms with Crippen molar-refractivity contribution in [1.82, 2.24) is 9.55 Å². The lowest BCUT2D eigenvalue weighted by Gasteiger charge is -2.08. The van der Waals surface area contributed by atoms with Gasteiger partial charge in [-0.3, -0.25) is 4.79 Å². The van der Waals surface area contributed by atoms with E-state index >= 15 is 0 Å². The Morgan fingerprint density at radius 2 is 2.38 bits per heavy atom. The molecule has 2 heterocycles. The average Bonchev–Trinajstić information content (AvgIpc) is 2.46. The standard InChI is InChI=1S/C7H7N3O3/c11-5-1-2-9-6(3-5)8-4-7(9)10(12)13/h4H,1-3H2. The van der Waals surface area contributed by atoms with Crippen molar-refractivity contribution in [3.63, 3.8) is 0 Å². The topological polar surface area (TPSA) is 78.0 Å². The molecule has 0 saturated carbocycles. The lowest BCUT2D eigenvalue weighted by Crippen LogP contribution is -2.19. The average molecular weight is 181 g/mol. The zero-order valence-corrected chi connectivity index (χ0v) is 6.77. The molecule has 0 atom stereocenters. The van der Waals surface area contributed by atoms with E-state index in [1.54, 1.807) is 0 Å². The molecule has 0 aliphatic carbocycles. The number of hydrogen-bond acceptors (Lipinski definition) is 4. The first-order valence-electron chi connectivity index (χ1n) is 3.89. The molecule has 0 spiro atoms. The van der Waals surface area contributed by atoms with Crippen LogP contribution < -0.4 is 0 Å². The number of rotatable bonds is 1. The van der Waals surface area contributed by atoms with Gasteiger partial charge in [-0.1, -0.05) is 0 Å². The van der Waals surface area contributed by atoms with Crippen molar-refractivity contribution in [1.29, 1.82) is 0 Å². The van der Waals surface area contributed by atoms with E-state index in [0.717, 1.165) is 0 Å². The molecular formula is C7H7N3O3.